The molecule has 1 aromatic carbocycles. The predicted molar refractivity (Wildman–Crippen MR) is 138 cm³/mol. The van der Waals surface area contributed by atoms with Crippen molar-refractivity contribution in [2.24, 2.45) is 7.05 Å². The normalized spacial score (nSPS) is 14.6. The minimum absolute atomic E-state index is 0.124. The lowest BCUT2D eigenvalue weighted by molar-refractivity contribution is 0.0949. The molecule has 2 heterocycles. The Kier molecular flexibility index (Phi) is 7.29. The number of hydrogen-bond donors (Lipinski definition) is 3. The number of sulfone groups is 1. The van der Waals surface area contributed by atoms with E-state index in [0.29, 0.717) is 29.4 Å². The third kappa shape index (κ3) is 4.64. The molecule has 3 aromatic rings. The second-order valence-electron chi connectivity index (χ2n) is 9.70. The quantitative estimate of drug-likeness (QED) is 0.336. The summed E-state index contributed by atoms with van der Waals surface area (Å²) < 4.78 is 30.6. The molecule has 1 amide bonds. The Hall–Kier alpha value is -3.79. The summed E-state index contributed by atoms with van der Waals surface area (Å²) in [4.78, 5) is 30.2. The van der Waals surface area contributed by atoms with E-state index in [1.807, 2.05) is 6.07 Å². The zero-order chi connectivity index (χ0) is 27.7. The maximum absolute atomic E-state index is 13.2. The van der Waals surface area contributed by atoms with Crippen molar-refractivity contribution < 1.29 is 28.2 Å². The zero-order valence-electron chi connectivity index (χ0n) is 21.0. The van der Waals surface area contributed by atoms with Crippen molar-refractivity contribution in [1.29, 1.82) is 5.26 Å². The fourth-order valence-corrected chi connectivity index (χ4v) is 6.45. The topological polar surface area (TPSA) is 172 Å². The molecule has 1 aliphatic rings. The smallest absolute Gasteiger partial charge is 0.263 e. The number of nitrogens with one attached hydrogen (secondary N) is 1. The van der Waals surface area contributed by atoms with E-state index in [4.69, 9.17) is 10.00 Å². The minimum Gasteiger partial charge on any atom is -0.490 e. The lowest BCUT2D eigenvalue weighted by atomic mass is 10.1. The van der Waals surface area contributed by atoms with E-state index in [1.54, 1.807) is 24.3 Å². The number of nitrogens with zero attached hydrogens (tertiary/aromatic N) is 3. The van der Waals surface area contributed by atoms with Gasteiger partial charge < -0.3 is 24.8 Å². The Morgan fingerprint density at radius 1 is 1.24 bits per heavy atom. The van der Waals surface area contributed by atoms with Gasteiger partial charge in [0.1, 0.15) is 32.9 Å². The molecule has 0 bridgehead atoms. The van der Waals surface area contributed by atoms with Gasteiger partial charge in [-0.05, 0) is 43.5 Å². The highest BCUT2D eigenvalue weighted by Crippen LogP contribution is 2.48. The van der Waals surface area contributed by atoms with Crippen molar-refractivity contribution >= 4 is 26.8 Å². The number of hydrogen-bond acceptors (Lipinski definition) is 9. The van der Waals surface area contributed by atoms with Crippen molar-refractivity contribution in [3.8, 4) is 11.8 Å². The van der Waals surface area contributed by atoms with Gasteiger partial charge in [-0.2, -0.15) is 5.26 Å². The number of aliphatic hydroxyl groups is 2. The Morgan fingerprint density at radius 2 is 1.89 bits per heavy atom. The van der Waals surface area contributed by atoms with Gasteiger partial charge in [0.25, 0.3) is 11.5 Å². The van der Waals surface area contributed by atoms with Gasteiger partial charge in [0, 0.05) is 25.9 Å². The van der Waals surface area contributed by atoms with Crippen LogP contribution in [-0.4, -0.2) is 63.4 Å². The lowest BCUT2D eigenvalue weighted by Gasteiger charge is -2.30. The molecule has 11 nitrogen and oxygen atoms in total. The summed E-state index contributed by atoms with van der Waals surface area (Å²) in [6.45, 7) is -0.237. The van der Waals surface area contributed by atoms with Crippen LogP contribution in [0.3, 0.4) is 0 Å². The molecular formula is C26H28N4O7S. The standard InChI is InChI=1S/C26H28N4O7S/c1-25(14-31,15-32)38(35,36)26(8-9-26)16-37-21-7-10-28-20-11-19(24(34)30(2)22(20)21)23(33)29-13-18-5-3-17(12-27)4-6-18/h3-7,10-11,31-32H,8-9,13-16H2,1-2H3,(H,29,33). The molecule has 0 atom stereocenters. The van der Waals surface area contributed by atoms with E-state index < -0.39 is 44.0 Å². The van der Waals surface area contributed by atoms with E-state index >= 15 is 0 Å². The highest BCUT2D eigenvalue weighted by atomic mass is 32.2. The third-order valence-electron chi connectivity index (χ3n) is 7.03. The van der Waals surface area contributed by atoms with Crippen LogP contribution < -0.4 is 15.6 Å². The minimum atomic E-state index is -3.96. The number of aromatic nitrogens is 2. The Labute approximate surface area is 219 Å². The molecule has 1 saturated carbocycles. The molecule has 3 N–H and O–H groups in total. The van der Waals surface area contributed by atoms with Gasteiger partial charge in [-0.3, -0.25) is 14.6 Å². The monoisotopic (exact) mass is 540 g/mol. The molecule has 2 aromatic heterocycles. The van der Waals surface area contributed by atoms with E-state index in [2.05, 4.69) is 10.3 Å². The number of fused-ring (bicyclic) bond motifs is 1. The van der Waals surface area contributed by atoms with Crippen LogP contribution in [0.5, 0.6) is 5.75 Å². The van der Waals surface area contributed by atoms with Crippen molar-refractivity contribution in [1.82, 2.24) is 14.9 Å². The molecular weight excluding hydrogens is 512 g/mol. The molecule has 38 heavy (non-hydrogen) atoms. The molecule has 4 rings (SSSR count). The van der Waals surface area contributed by atoms with Gasteiger partial charge in [0.15, 0.2) is 9.84 Å². The first-order chi connectivity index (χ1) is 18.0. The summed E-state index contributed by atoms with van der Waals surface area (Å²) in [5.41, 5.74) is 1.13. The summed E-state index contributed by atoms with van der Waals surface area (Å²) in [6.07, 6.45) is 2.06. The lowest BCUT2D eigenvalue weighted by Crippen LogP contribution is -2.50. The fraction of sp³-hybridized carbons (Fsp3) is 0.385. The highest BCUT2D eigenvalue weighted by Gasteiger charge is 2.61. The van der Waals surface area contributed by atoms with Gasteiger partial charge in [0.2, 0.25) is 0 Å². The van der Waals surface area contributed by atoms with E-state index in [1.165, 1.54) is 36.9 Å². The number of carbonyl (C=O) groups excluding carboxylic acids is 1. The maximum Gasteiger partial charge on any atom is 0.263 e. The average Bonchev–Trinajstić information content (AvgIpc) is 3.73. The number of carbonyl (C=O) groups is 1. The van der Waals surface area contributed by atoms with E-state index in [9.17, 15) is 28.2 Å². The van der Waals surface area contributed by atoms with Crippen LogP contribution in [0.25, 0.3) is 11.0 Å². The number of aryl methyl sites for hydroxylation is 1. The summed E-state index contributed by atoms with van der Waals surface area (Å²) >= 11 is 0. The summed E-state index contributed by atoms with van der Waals surface area (Å²) in [7, 11) is -2.49. The van der Waals surface area contributed by atoms with E-state index in [0.717, 1.165) is 5.56 Å². The van der Waals surface area contributed by atoms with Crippen LogP contribution in [0.2, 0.25) is 0 Å². The third-order valence-corrected chi connectivity index (χ3v) is 10.3. The van der Waals surface area contributed by atoms with Gasteiger partial charge in [-0.25, -0.2) is 8.42 Å². The Morgan fingerprint density at radius 3 is 2.47 bits per heavy atom. The number of amides is 1. The second kappa shape index (κ2) is 10.2. The number of nitriles is 1. The Bertz CT molecular complexity index is 1580. The molecule has 1 aliphatic carbocycles. The second-order valence-corrected chi connectivity index (χ2v) is 12.6. The van der Waals surface area contributed by atoms with E-state index in [-0.39, 0.29) is 24.5 Å². The van der Waals surface area contributed by atoms with Crippen LogP contribution in [0.4, 0.5) is 0 Å². The molecule has 0 saturated heterocycles. The SMILES string of the molecule is Cn1c(=O)c(C(=O)NCc2ccc(C#N)cc2)cc2nccc(OCC3(S(=O)(=O)C(C)(CO)CO)CC3)c21. The molecule has 200 valence electrons. The summed E-state index contributed by atoms with van der Waals surface area (Å²) in [5, 5.41) is 30.9. The van der Waals surface area contributed by atoms with Crippen molar-refractivity contribution in [2.45, 2.75) is 35.8 Å². The average molecular weight is 541 g/mol. The van der Waals surface area contributed by atoms with Gasteiger partial charge in [0.05, 0.1) is 30.4 Å². The fourth-order valence-electron chi connectivity index (χ4n) is 4.21. The number of benzene rings is 1. The first-order valence-corrected chi connectivity index (χ1v) is 13.4. The van der Waals surface area contributed by atoms with Crippen LogP contribution in [0, 0.1) is 11.3 Å². The first-order valence-electron chi connectivity index (χ1n) is 11.9. The molecule has 0 radical (unpaired) electrons. The number of ether oxygens (including phenoxy) is 1. The number of aliphatic hydroxyl groups excluding tert-OH is 2. The number of pyridine rings is 2. The van der Waals surface area contributed by atoms with Crippen LogP contribution in [-0.2, 0) is 23.4 Å². The molecule has 12 heteroatoms. The van der Waals surface area contributed by atoms with Crippen molar-refractivity contribution in [2.75, 3.05) is 19.8 Å². The van der Waals surface area contributed by atoms with Crippen LogP contribution in [0.15, 0.2) is 47.4 Å². The zero-order valence-corrected chi connectivity index (χ0v) is 21.8. The summed E-state index contributed by atoms with van der Waals surface area (Å²) in [6, 6.07) is 11.6. The van der Waals surface area contributed by atoms with Gasteiger partial charge in [-0.1, -0.05) is 12.1 Å². The molecule has 0 spiro atoms. The van der Waals surface area contributed by atoms with Crippen LogP contribution >= 0.6 is 0 Å². The number of rotatable bonds is 10. The molecule has 0 aliphatic heterocycles. The molecule has 0 unspecified atom stereocenters. The van der Waals surface area contributed by atoms with Crippen molar-refractivity contribution in [3.63, 3.8) is 0 Å². The Balaban J connectivity index is 1.58. The largest absolute Gasteiger partial charge is 0.490 e. The van der Waals surface area contributed by atoms with Crippen LogP contribution in [0.1, 0.15) is 41.3 Å². The van der Waals surface area contributed by atoms with Crippen molar-refractivity contribution in [3.05, 3.63) is 69.6 Å². The first kappa shape index (κ1) is 27.3. The predicted octanol–water partition coefficient (Wildman–Crippen LogP) is 0.805. The maximum atomic E-state index is 13.2. The van der Waals surface area contributed by atoms with Gasteiger partial charge >= 0.3 is 0 Å². The summed E-state index contributed by atoms with van der Waals surface area (Å²) in [5.74, 6) is -0.379. The highest BCUT2D eigenvalue weighted by molar-refractivity contribution is 7.94. The van der Waals surface area contributed by atoms with Gasteiger partial charge in [-0.15, -0.1) is 0 Å². The molecule has 1 fully saturated rings.